The van der Waals surface area contributed by atoms with Crippen molar-refractivity contribution < 1.29 is 45.5 Å². The van der Waals surface area contributed by atoms with Crippen molar-refractivity contribution in [3.8, 4) is 23.8 Å². The van der Waals surface area contributed by atoms with E-state index in [1.54, 1.807) is 0 Å². The van der Waals surface area contributed by atoms with Crippen LogP contribution in [0.2, 0.25) is 0 Å². The molecule has 2 N–H and O–H groups in total. The fraction of sp³-hybridized carbons (Fsp3) is 0.273. The minimum Gasteiger partial charge on any atom is -0.494 e. The summed E-state index contributed by atoms with van der Waals surface area (Å²) in [6, 6.07) is 15.5. The average Bonchev–Trinajstić information content (AvgIpc) is 2.69. The molecule has 2 aromatic carbocycles. The zero-order valence-electron chi connectivity index (χ0n) is 15.6. The van der Waals surface area contributed by atoms with Gasteiger partial charge >= 0.3 is 0 Å². The van der Waals surface area contributed by atoms with Crippen LogP contribution in [-0.4, -0.2) is 42.4 Å². The molecule has 2 rings (SSSR count). The van der Waals surface area contributed by atoms with Crippen molar-refractivity contribution in [3.63, 3.8) is 0 Å². The van der Waals surface area contributed by atoms with Gasteiger partial charge in [0.2, 0.25) is 0 Å². The van der Waals surface area contributed by atoms with Crippen LogP contribution in [0.3, 0.4) is 0 Å². The van der Waals surface area contributed by atoms with Crippen molar-refractivity contribution in [2.75, 3.05) is 13.2 Å². The second-order valence-corrected chi connectivity index (χ2v) is 5.80. The van der Waals surface area contributed by atoms with Gasteiger partial charge in [-0.05, 0) is 47.9 Å². The number of rotatable bonds is 9. The summed E-state index contributed by atoms with van der Waals surface area (Å²) in [7, 11) is 0. The number of hydrogen-bond acceptors (Lipinski definition) is 5. The number of hydrogen-bond donors (Lipinski definition) is 2. The first-order chi connectivity index (χ1) is 13.1. The van der Waals surface area contributed by atoms with Crippen molar-refractivity contribution in [2.24, 2.45) is 0 Å². The van der Waals surface area contributed by atoms with Crippen molar-refractivity contribution in [1.29, 1.82) is 0 Å². The Labute approximate surface area is 181 Å². The first kappa shape index (κ1) is 25.9. The number of aliphatic hydroxyl groups excluding tert-OH is 2. The molecule has 28 heavy (non-hydrogen) atoms. The summed E-state index contributed by atoms with van der Waals surface area (Å²) < 4.78 is 10.9. The number of carbonyl (C=O) groups excluding carboxylic acids is 1. The quantitative estimate of drug-likeness (QED) is 0.369. The van der Waals surface area contributed by atoms with Gasteiger partial charge in [0.05, 0.1) is 12.7 Å². The van der Waals surface area contributed by atoms with Gasteiger partial charge < -0.3 is 31.4 Å². The summed E-state index contributed by atoms with van der Waals surface area (Å²) in [6.45, 7) is 5.83. The molecule has 0 aliphatic carbocycles. The molecule has 0 saturated carbocycles. The molecule has 150 valence electrons. The maximum absolute atomic E-state index is 9.56. The summed E-state index contributed by atoms with van der Waals surface area (Å²) in [5, 5.41) is 18.7. The van der Waals surface area contributed by atoms with Crippen molar-refractivity contribution in [1.82, 2.24) is 0 Å². The van der Waals surface area contributed by atoms with Crippen LogP contribution in [0.25, 0.3) is 0 Å². The molecule has 2 aromatic rings. The van der Waals surface area contributed by atoms with Crippen LogP contribution in [0, 0.1) is 19.3 Å². The summed E-state index contributed by atoms with van der Waals surface area (Å²) in [5.41, 5.74) is 2.30. The molecule has 2 atom stereocenters. The summed E-state index contributed by atoms with van der Waals surface area (Å²) in [4.78, 5) is 8.00. The molecule has 0 saturated heterocycles. The summed E-state index contributed by atoms with van der Waals surface area (Å²) in [6.07, 6.45) is 4.84. The minimum atomic E-state index is -0.729. The number of aliphatic hydroxyl groups is 2. The van der Waals surface area contributed by atoms with E-state index in [2.05, 4.69) is 12.8 Å². The predicted octanol–water partition coefficient (Wildman–Crippen LogP) is 2.43. The Balaban J connectivity index is 0.00000235. The smallest absolute Gasteiger partial charge is 0.119 e. The van der Waals surface area contributed by atoms with Gasteiger partial charge in [-0.3, -0.25) is 0 Å². The van der Waals surface area contributed by atoms with Gasteiger partial charge in [0.25, 0.3) is 0 Å². The largest absolute Gasteiger partial charge is 0.494 e. The Morgan fingerprint density at radius 3 is 1.75 bits per heavy atom. The molecule has 0 aromatic heterocycles. The SMILES string of the molecule is C#CCC(O)COc1ccc(Cc2ccc(OCC([CH2-])O)cc2)cc1.C=O.[W]. The molecule has 0 spiro atoms. The van der Waals surface area contributed by atoms with Crippen LogP contribution in [0.15, 0.2) is 48.5 Å². The van der Waals surface area contributed by atoms with Crippen molar-refractivity contribution in [3.05, 3.63) is 66.6 Å². The second kappa shape index (κ2) is 14.9. The van der Waals surface area contributed by atoms with Gasteiger partial charge in [-0.1, -0.05) is 24.3 Å². The molecule has 0 aliphatic heterocycles. The molecule has 0 fully saturated rings. The van der Waals surface area contributed by atoms with Gasteiger partial charge in [-0.25, -0.2) is 0 Å². The topological polar surface area (TPSA) is 76.0 Å². The normalized spacial score (nSPS) is 11.6. The van der Waals surface area contributed by atoms with Crippen LogP contribution in [0.4, 0.5) is 0 Å². The molecule has 0 bridgehead atoms. The Morgan fingerprint density at radius 2 is 1.36 bits per heavy atom. The van der Waals surface area contributed by atoms with Crippen LogP contribution >= 0.6 is 0 Å². The number of carbonyl (C=O) groups is 1. The van der Waals surface area contributed by atoms with Gasteiger partial charge in [0.15, 0.2) is 0 Å². The van der Waals surface area contributed by atoms with E-state index in [9.17, 15) is 5.11 Å². The third-order valence-electron chi connectivity index (χ3n) is 3.49. The molecule has 0 radical (unpaired) electrons. The Morgan fingerprint density at radius 1 is 0.929 bits per heavy atom. The monoisotopic (exact) mass is 553 g/mol. The number of benzene rings is 2. The van der Waals surface area contributed by atoms with Crippen molar-refractivity contribution >= 4 is 6.79 Å². The van der Waals surface area contributed by atoms with E-state index in [1.807, 2.05) is 55.3 Å². The number of terminal acetylenes is 1. The average molecular weight is 553 g/mol. The Kier molecular flexibility index (Phi) is 13.7. The van der Waals surface area contributed by atoms with E-state index >= 15 is 0 Å². The molecule has 5 nitrogen and oxygen atoms in total. The fourth-order valence-corrected chi connectivity index (χ4v) is 2.22. The van der Waals surface area contributed by atoms with Crippen LogP contribution in [0.1, 0.15) is 17.5 Å². The zero-order chi connectivity index (χ0) is 20.1. The first-order valence-electron chi connectivity index (χ1n) is 8.42. The van der Waals surface area contributed by atoms with E-state index in [0.717, 1.165) is 17.5 Å². The van der Waals surface area contributed by atoms with E-state index in [0.29, 0.717) is 11.5 Å². The van der Waals surface area contributed by atoms with E-state index < -0.39 is 12.2 Å². The molecular weight excluding hydrogens is 528 g/mol. The third-order valence-corrected chi connectivity index (χ3v) is 3.49. The summed E-state index contributed by atoms with van der Waals surface area (Å²) in [5.74, 6) is 3.82. The Bertz CT molecular complexity index is 692. The maximum Gasteiger partial charge on any atom is 0.119 e. The molecular formula is C22H25O5W-. The Hall–Kier alpha value is -2.12. The second-order valence-electron chi connectivity index (χ2n) is 5.80. The standard InChI is InChI=1S/C21H23O4.CH2O.W/c1-3-4-19(23)15-25-21-11-7-18(8-12-21)13-17-5-9-20(10-6-17)24-14-16(2)22;1-2;/h1,5-12,16,19,22-23H,2,4,13-15H2;1H2;/q-1;;. The zero-order valence-corrected chi connectivity index (χ0v) is 18.6. The minimum absolute atomic E-state index is 0. The van der Waals surface area contributed by atoms with Gasteiger partial charge in [-0.2, -0.15) is 0 Å². The molecule has 0 aliphatic rings. The van der Waals surface area contributed by atoms with E-state index in [-0.39, 0.29) is 40.7 Å². The van der Waals surface area contributed by atoms with Crippen LogP contribution in [-0.2, 0) is 32.3 Å². The first-order valence-corrected chi connectivity index (χ1v) is 8.42. The third kappa shape index (κ3) is 10.3. The maximum atomic E-state index is 9.56. The van der Waals surface area contributed by atoms with Crippen molar-refractivity contribution in [2.45, 2.75) is 25.0 Å². The van der Waals surface area contributed by atoms with Crippen LogP contribution in [0.5, 0.6) is 11.5 Å². The molecule has 2 unspecified atom stereocenters. The number of ether oxygens (including phenoxy) is 2. The molecule has 0 amide bonds. The molecule has 0 heterocycles. The molecule has 6 heteroatoms. The van der Waals surface area contributed by atoms with Gasteiger partial charge in [0.1, 0.15) is 24.9 Å². The summed E-state index contributed by atoms with van der Waals surface area (Å²) >= 11 is 0. The van der Waals surface area contributed by atoms with Gasteiger partial charge in [-0.15, -0.1) is 12.3 Å². The predicted molar refractivity (Wildman–Crippen MR) is 105 cm³/mol. The van der Waals surface area contributed by atoms with Crippen LogP contribution < -0.4 is 9.47 Å². The fourth-order valence-electron chi connectivity index (χ4n) is 2.22. The van der Waals surface area contributed by atoms with Gasteiger partial charge in [0, 0.05) is 27.5 Å². The van der Waals surface area contributed by atoms with E-state index in [4.69, 9.17) is 25.8 Å². The van der Waals surface area contributed by atoms with E-state index in [1.165, 1.54) is 0 Å².